The molecule has 0 aromatic heterocycles. The van der Waals surface area contributed by atoms with Gasteiger partial charge in [0.2, 0.25) is 0 Å². The second-order valence-corrected chi connectivity index (χ2v) is 5.88. The molecule has 8 heteroatoms. The van der Waals surface area contributed by atoms with Gasteiger partial charge in [-0.2, -0.15) is 13.2 Å². The van der Waals surface area contributed by atoms with Crippen molar-refractivity contribution in [3.8, 4) is 5.75 Å². The zero-order chi connectivity index (χ0) is 19.0. The third kappa shape index (κ3) is 8.98. The molecule has 0 aliphatic rings. The van der Waals surface area contributed by atoms with Gasteiger partial charge in [0.05, 0.1) is 6.54 Å². The Morgan fingerprint density at radius 3 is 2.52 bits per heavy atom. The number of nitrogens with zero attached hydrogens (tertiary/aromatic N) is 1. The molecule has 0 spiro atoms. The molecule has 27 heavy (non-hydrogen) atoms. The third-order valence-electron chi connectivity index (χ3n) is 3.60. The topological polar surface area (TPSA) is 59.6 Å². The van der Waals surface area contributed by atoms with Gasteiger partial charge in [-0.1, -0.05) is 42.5 Å². The fourth-order valence-electron chi connectivity index (χ4n) is 2.29. The minimum absolute atomic E-state index is 0. The quantitative estimate of drug-likeness (QED) is 0.346. The molecule has 0 radical (unpaired) electrons. The van der Waals surface area contributed by atoms with Gasteiger partial charge in [-0.15, -0.1) is 24.0 Å². The lowest BCUT2D eigenvalue weighted by Gasteiger charge is -2.13. The van der Waals surface area contributed by atoms with E-state index in [1.54, 1.807) is 25.1 Å². The van der Waals surface area contributed by atoms with Gasteiger partial charge in [0.15, 0.2) is 12.6 Å². The summed E-state index contributed by atoms with van der Waals surface area (Å²) in [4.78, 5) is 4.18. The first-order chi connectivity index (χ1) is 12.3. The van der Waals surface area contributed by atoms with Crippen molar-refractivity contribution in [2.24, 2.45) is 10.7 Å². The summed E-state index contributed by atoms with van der Waals surface area (Å²) < 4.78 is 42.1. The molecule has 2 aromatic carbocycles. The standard InChI is InChI=1S/C19H22F3N3O.HI/c1-14-7-8-16(17(11-14)26-13-19(20,21)22)12-25-18(23)24-10-9-15-5-3-2-4-6-15;/h2-8,11H,9-10,12-13H2,1H3,(H3,23,24,25);1H. The summed E-state index contributed by atoms with van der Waals surface area (Å²) in [6.45, 7) is 1.20. The number of halogens is 4. The molecule has 0 saturated heterocycles. The van der Waals surface area contributed by atoms with E-state index in [2.05, 4.69) is 10.3 Å². The molecule has 0 fully saturated rings. The van der Waals surface area contributed by atoms with E-state index in [-0.39, 0.29) is 42.2 Å². The molecule has 148 valence electrons. The Hall–Kier alpha value is -1.97. The first-order valence-electron chi connectivity index (χ1n) is 8.20. The van der Waals surface area contributed by atoms with Gasteiger partial charge in [0.25, 0.3) is 0 Å². The minimum atomic E-state index is -4.39. The number of hydrogen-bond acceptors (Lipinski definition) is 2. The molecular weight excluding hydrogens is 470 g/mol. The summed E-state index contributed by atoms with van der Waals surface area (Å²) in [5, 5.41) is 3.00. The fourth-order valence-corrected chi connectivity index (χ4v) is 2.29. The van der Waals surface area contributed by atoms with Crippen LogP contribution in [0.1, 0.15) is 16.7 Å². The van der Waals surface area contributed by atoms with Gasteiger partial charge in [0.1, 0.15) is 5.75 Å². The maximum atomic E-state index is 12.4. The highest BCUT2D eigenvalue weighted by atomic mass is 127. The fraction of sp³-hybridized carbons (Fsp3) is 0.316. The van der Waals surface area contributed by atoms with Gasteiger partial charge in [0, 0.05) is 12.1 Å². The van der Waals surface area contributed by atoms with Crippen LogP contribution in [0.15, 0.2) is 53.5 Å². The number of aliphatic imine (C=N–C) groups is 1. The van der Waals surface area contributed by atoms with Crippen LogP contribution in [0.4, 0.5) is 13.2 Å². The third-order valence-corrected chi connectivity index (χ3v) is 3.60. The van der Waals surface area contributed by atoms with Crippen LogP contribution in [0.25, 0.3) is 0 Å². The first-order valence-corrected chi connectivity index (χ1v) is 8.20. The second-order valence-electron chi connectivity index (χ2n) is 5.88. The van der Waals surface area contributed by atoms with Gasteiger partial charge < -0.3 is 15.8 Å². The van der Waals surface area contributed by atoms with Crippen LogP contribution in [-0.2, 0) is 13.0 Å². The smallest absolute Gasteiger partial charge is 0.422 e. The van der Waals surface area contributed by atoms with Crippen molar-refractivity contribution >= 4 is 29.9 Å². The molecular formula is C19H23F3IN3O. The second kappa shape index (κ2) is 11.0. The van der Waals surface area contributed by atoms with Crippen LogP contribution in [0, 0.1) is 6.92 Å². The van der Waals surface area contributed by atoms with Crippen LogP contribution in [-0.4, -0.2) is 25.3 Å². The van der Waals surface area contributed by atoms with Crippen molar-refractivity contribution in [2.75, 3.05) is 13.2 Å². The van der Waals surface area contributed by atoms with Crippen LogP contribution in [0.2, 0.25) is 0 Å². The van der Waals surface area contributed by atoms with E-state index >= 15 is 0 Å². The Morgan fingerprint density at radius 2 is 1.85 bits per heavy atom. The molecule has 0 unspecified atom stereocenters. The van der Waals surface area contributed by atoms with E-state index in [4.69, 9.17) is 10.5 Å². The number of aryl methyl sites for hydroxylation is 1. The van der Waals surface area contributed by atoms with E-state index in [0.717, 1.165) is 12.0 Å². The van der Waals surface area contributed by atoms with Gasteiger partial charge in [-0.3, -0.25) is 0 Å². The summed E-state index contributed by atoms with van der Waals surface area (Å²) in [5.41, 5.74) is 8.36. The number of guanidine groups is 1. The molecule has 4 nitrogen and oxygen atoms in total. The van der Waals surface area contributed by atoms with Gasteiger partial charge in [-0.05, 0) is 30.5 Å². The molecule has 0 aliphatic carbocycles. The summed E-state index contributed by atoms with van der Waals surface area (Å²) >= 11 is 0. The highest BCUT2D eigenvalue weighted by Crippen LogP contribution is 2.24. The monoisotopic (exact) mass is 493 g/mol. The lowest BCUT2D eigenvalue weighted by molar-refractivity contribution is -0.153. The molecule has 2 rings (SSSR count). The van der Waals surface area contributed by atoms with Crippen molar-refractivity contribution < 1.29 is 17.9 Å². The van der Waals surface area contributed by atoms with Gasteiger partial charge in [-0.25, -0.2) is 4.99 Å². The van der Waals surface area contributed by atoms with E-state index in [9.17, 15) is 13.2 Å². The van der Waals surface area contributed by atoms with E-state index < -0.39 is 12.8 Å². The number of benzene rings is 2. The van der Waals surface area contributed by atoms with Crippen molar-refractivity contribution in [1.82, 2.24) is 5.32 Å². The van der Waals surface area contributed by atoms with E-state index in [1.165, 1.54) is 5.56 Å². The van der Waals surface area contributed by atoms with E-state index in [0.29, 0.717) is 12.1 Å². The van der Waals surface area contributed by atoms with Gasteiger partial charge >= 0.3 is 6.18 Å². The lowest BCUT2D eigenvalue weighted by atomic mass is 10.1. The zero-order valence-corrected chi connectivity index (χ0v) is 17.3. The number of alkyl halides is 3. The Kier molecular flexibility index (Phi) is 9.40. The average molecular weight is 493 g/mol. The highest BCUT2D eigenvalue weighted by Gasteiger charge is 2.28. The Morgan fingerprint density at radius 1 is 1.15 bits per heavy atom. The Bertz CT molecular complexity index is 737. The largest absolute Gasteiger partial charge is 0.484 e. The lowest BCUT2D eigenvalue weighted by Crippen LogP contribution is -2.33. The molecule has 3 N–H and O–H groups in total. The first kappa shape index (κ1) is 23.1. The van der Waals surface area contributed by atoms with Crippen molar-refractivity contribution in [2.45, 2.75) is 26.1 Å². The Balaban J connectivity index is 0.00000364. The van der Waals surface area contributed by atoms with E-state index in [1.807, 2.05) is 30.3 Å². The molecule has 0 amide bonds. The summed E-state index contributed by atoms with van der Waals surface area (Å²) in [6, 6.07) is 15.0. The number of nitrogens with one attached hydrogen (secondary N) is 1. The average Bonchev–Trinajstić information content (AvgIpc) is 2.59. The predicted octanol–water partition coefficient (Wildman–Crippen LogP) is 4.20. The number of hydrogen-bond donors (Lipinski definition) is 2. The molecule has 0 heterocycles. The SMILES string of the molecule is Cc1ccc(CN=C(N)NCCc2ccccc2)c(OCC(F)(F)F)c1.I. The minimum Gasteiger partial charge on any atom is -0.484 e. The Labute approximate surface area is 174 Å². The van der Waals surface area contributed by atoms with Crippen molar-refractivity contribution in [3.63, 3.8) is 0 Å². The number of nitrogens with two attached hydrogens (primary N) is 1. The molecule has 0 bridgehead atoms. The summed E-state index contributed by atoms with van der Waals surface area (Å²) in [7, 11) is 0. The number of rotatable bonds is 7. The van der Waals surface area contributed by atoms with Crippen LogP contribution in [0.5, 0.6) is 5.75 Å². The van der Waals surface area contributed by atoms with Crippen LogP contribution < -0.4 is 15.8 Å². The maximum Gasteiger partial charge on any atom is 0.422 e. The van der Waals surface area contributed by atoms with Crippen LogP contribution in [0.3, 0.4) is 0 Å². The molecule has 0 atom stereocenters. The van der Waals surface area contributed by atoms with Crippen molar-refractivity contribution in [1.29, 1.82) is 0 Å². The normalized spacial score (nSPS) is 11.6. The predicted molar refractivity (Wildman–Crippen MR) is 112 cm³/mol. The summed E-state index contributed by atoms with van der Waals surface area (Å²) in [6.07, 6.45) is -3.59. The maximum absolute atomic E-state index is 12.4. The molecule has 2 aromatic rings. The van der Waals surface area contributed by atoms with Crippen LogP contribution >= 0.6 is 24.0 Å². The summed E-state index contributed by atoms with van der Waals surface area (Å²) in [5.74, 6) is 0.409. The highest BCUT2D eigenvalue weighted by molar-refractivity contribution is 14.0. The zero-order valence-electron chi connectivity index (χ0n) is 14.9. The molecule has 0 saturated carbocycles. The number of ether oxygens (including phenoxy) is 1. The molecule has 0 aliphatic heterocycles. The van der Waals surface area contributed by atoms with Crippen molar-refractivity contribution in [3.05, 3.63) is 65.2 Å².